The molecular formula is C16H24O4. The van der Waals surface area contributed by atoms with Crippen molar-refractivity contribution in [3.63, 3.8) is 0 Å². The van der Waals surface area contributed by atoms with E-state index in [1.807, 2.05) is 19.1 Å². The van der Waals surface area contributed by atoms with Gasteiger partial charge in [0, 0.05) is 13.0 Å². The Kier molecular flexibility index (Phi) is 6.52. The minimum Gasteiger partial charge on any atom is -0.493 e. The van der Waals surface area contributed by atoms with Crippen LogP contribution in [0.2, 0.25) is 0 Å². The predicted molar refractivity (Wildman–Crippen MR) is 78.4 cm³/mol. The predicted octanol–water partition coefficient (Wildman–Crippen LogP) is 3.38. The highest BCUT2D eigenvalue weighted by molar-refractivity contribution is 5.72. The second-order valence-electron chi connectivity index (χ2n) is 5.10. The molecule has 1 atom stereocenters. The number of hydrogen-bond acceptors (Lipinski definition) is 3. The summed E-state index contributed by atoms with van der Waals surface area (Å²) in [4.78, 5) is 11.0. The Morgan fingerprint density at radius 2 is 2.05 bits per heavy atom. The summed E-state index contributed by atoms with van der Waals surface area (Å²) in [6, 6.07) is 6.14. The molecule has 0 aliphatic carbocycles. The maximum Gasteiger partial charge on any atom is 0.332 e. The van der Waals surface area contributed by atoms with E-state index in [0.29, 0.717) is 25.6 Å². The summed E-state index contributed by atoms with van der Waals surface area (Å²) in [5.74, 6) is 0.313. The SMILES string of the molecule is CCOC(CCOc1cc(C(C)C)ccc1C)C(=O)O. The Hall–Kier alpha value is -1.55. The summed E-state index contributed by atoms with van der Waals surface area (Å²) in [6.45, 7) is 8.75. The van der Waals surface area contributed by atoms with Crippen LogP contribution in [-0.4, -0.2) is 30.4 Å². The highest BCUT2D eigenvalue weighted by Crippen LogP contribution is 2.24. The summed E-state index contributed by atoms with van der Waals surface area (Å²) in [5, 5.41) is 8.99. The zero-order chi connectivity index (χ0) is 15.1. The van der Waals surface area contributed by atoms with Gasteiger partial charge in [-0.05, 0) is 37.0 Å². The smallest absolute Gasteiger partial charge is 0.332 e. The zero-order valence-electron chi connectivity index (χ0n) is 12.7. The molecule has 0 saturated heterocycles. The van der Waals surface area contributed by atoms with Crippen molar-refractivity contribution in [2.75, 3.05) is 13.2 Å². The molecule has 1 aromatic rings. The van der Waals surface area contributed by atoms with Gasteiger partial charge in [0.25, 0.3) is 0 Å². The summed E-state index contributed by atoms with van der Waals surface area (Å²) in [7, 11) is 0. The van der Waals surface area contributed by atoms with Crippen LogP contribution in [0.15, 0.2) is 18.2 Å². The first kappa shape index (κ1) is 16.5. The Balaban J connectivity index is 2.60. The number of benzene rings is 1. The van der Waals surface area contributed by atoms with Crippen molar-refractivity contribution in [3.05, 3.63) is 29.3 Å². The van der Waals surface area contributed by atoms with Gasteiger partial charge in [0.15, 0.2) is 6.10 Å². The molecule has 0 heterocycles. The van der Waals surface area contributed by atoms with Gasteiger partial charge in [-0.3, -0.25) is 0 Å². The fourth-order valence-corrected chi connectivity index (χ4v) is 1.89. The van der Waals surface area contributed by atoms with Crippen LogP contribution in [0.4, 0.5) is 0 Å². The summed E-state index contributed by atoms with van der Waals surface area (Å²) >= 11 is 0. The molecular weight excluding hydrogens is 256 g/mol. The van der Waals surface area contributed by atoms with Crippen LogP contribution in [0.5, 0.6) is 5.75 Å². The third-order valence-electron chi connectivity index (χ3n) is 3.16. The first-order valence-electron chi connectivity index (χ1n) is 7.03. The monoisotopic (exact) mass is 280 g/mol. The van der Waals surface area contributed by atoms with Gasteiger partial charge in [-0.1, -0.05) is 26.0 Å². The molecule has 112 valence electrons. The van der Waals surface area contributed by atoms with E-state index < -0.39 is 12.1 Å². The van der Waals surface area contributed by atoms with Gasteiger partial charge >= 0.3 is 5.97 Å². The minimum absolute atomic E-state index is 0.333. The number of hydrogen-bond donors (Lipinski definition) is 1. The lowest BCUT2D eigenvalue weighted by molar-refractivity contribution is -0.150. The van der Waals surface area contributed by atoms with Crippen LogP contribution in [-0.2, 0) is 9.53 Å². The van der Waals surface area contributed by atoms with E-state index in [2.05, 4.69) is 19.9 Å². The molecule has 0 saturated carbocycles. The second kappa shape index (κ2) is 7.90. The van der Waals surface area contributed by atoms with E-state index in [0.717, 1.165) is 11.3 Å². The minimum atomic E-state index is -0.942. The average Bonchev–Trinajstić information content (AvgIpc) is 2.39. The Labute approximate surface area is 120 Å². The van der Waals surface area contributed by atoms with E-state index in [1.54, 1.807) is 6.92 Å². The quantitative estimate of drug-likeness (QED) is 0.793. The van der Waals surface area contributed by atoms with Crippen molar-refractivity contribution in [3.8, 4) is 5.75 Å². The fraction of sp³-hybridized carbons (Fsp3) is 0.562. The lowest BCUT2D eigenvalue weighted by Gasteiger charge is -2.15. The van der Waals surface area contributed by atoms with Gasteiger partial charge in [-0.25, -0.2) is 4.79 Å². The van der Waals surface area contributed by atoms with E-state index in [4.69, 9.17) is 14.6 Å². The highest BCUT2D eigenvalue weighted by Gasteiger charge is 2.17. The molecule has 0 bridgehead atoms. The Bertz CT molecular complexity index is 440. The van der Waals surface area contributed by atoms with Gasteiger partial charge in [0.05, 0.1) is 6.61 Å². The van der Waals surface area contributed by atoms with Gasteiger partial charge in [-0.2, -0.15) is 0 Å². The van der Waals surface area contributed by atoms with Crippen molar-refractivity contribution in [2.45, 2.75) is 46.1 Å². The number of ether oxygens (including phenoxy) is 2. The van der Waals surface area contributed by atoms with E-state index >= 15 is 0 Å². The molecule has 4 heteroatoms. The molecule has 1 rings (SSSR count). The zero-order valence-corrected chi connectivity index (χ0v) is 12.7. The molecule has 0 aliphatic heterocycles. The summed E-state index contributed by atoms with van der Waals surface area (Å²) < 4.78 is 10.9. The lowest BCUT2D eigenvalue weighted by atomic mass is 10.0. The van der Waals surface area contributed by atoms with E-state index in [1.165, 1.54) is 5.56 Å². The summed E-state index contributed by atoms with van der Waals surface area (Å²) in [6.07, 6.45) is -0.456. The van der Waals surface area contributed by atoms with Crippen LogP contribution < -0.4 is 4.74 Å². The van der Waals surface area contributed by atoms with Crippen molar-refractivity contribution in [2.24, 2.45) is 0 Å². The van der Waals surface area contributed by atoms with E-state index in [9.17, 15) is 4.79 Å². The van der Waals surface area contributed by atoms with Crippen molar-refractivity contribution < 1.29 is 19.4 Å². The van der Waals surface area contributed by atoms with Gasteiger partial charge in [0.1, 0.15) is 5.75 Å². The fourth-order valence-electron chi connectivity index (χ4n) is 1.89. The average molecular weight is 280 g/mol. The number of aliphatic carboxylic acids is 1. The molecule has 0 spiro atoms. The van der Waals surface area contributed by atoms with Crippen LogP contribution in [0.1, 0.15) is 44.2 Å². The first-order chi connectivity index (χ1) is 9.45. The van der Waals surface area contributed by atoms with Crippen LogP contribution in [0, 0.1) is 6.92 Å². The lowest BCUT2D eigenvalue weighted by Crippen LogP contribution is -2.26. The van der Waals surface area contributed by atoms with Crippen LogP contribution in [0.3, 0.4) is 0 Å². The molecule has 0 amide bonds. The van der Waals surface area contributed by atoms with Crippen molar-refractivity contribution in [1.29, 1.82) is 0 Å². The largest absolute Gasteiger partial charge is 0.493 e. The Morgan fingerprint density at radius 1 is 1.35 bits per heavy atom. The molecule has 4 nitrogen and oxygen atoms in total. The highest BCUT2D eigenvalue weighted by atomic mass is 16.5. The molecule has 0 aliphatic rings. The standard InChI is InChI=1S/C16H24O4/c1-5-19-14(16(17)18)8-9-20-15-10-13(11(2)3)7-6-12(15)4/h6-7,10-11,14H,5,8-9H2,1-4H3,(H,17,18). The van der Waals surface area contributed by atoms with Gasteiger partial charge in [-0.15, -0.1) is 0 Å². The molecule has 0 aromatic heterocycles. The van der Waals surface area contributed by atoms with Gasteiger partial charge in [0.2, 0.25) is 0 Å². The number of aryl methyl sites for hydroxylation is 1. The molecule has 0 fully saturated rings. The maximum atomic E-state index is 11.0. The van der Waals surface area contributed by atoms with Crippen molar-refractivity contribution >= 4 is 5.97 Å². The second-order valence-corrected chi connectivity index (χ2v) is 5.10. The molecule has 0 radical (unpaired) electrons. The van der Waals surface area contributed by atoms with Gasteiger partial charge < -0.3 is 14.6 Å². The maximum absolute atomic E-state index is 11.0. The van der Waals surface area contributed by atoms with Crippen LogP contribution >= 0.6 is 0 Å². The van der Waals surface area contributed by atoms with Crippen LogP contribution in [0.25, 0.3) is 0 Å². The first-order valence-corrected chi connectivity index (χ1v) is 7.03. The molecule has 1 unspecified atom stereocenters. The molecule has 1 aromatic carbocycles. The normalized spacial score (nSPS) is 12.4. The Morgan fingerprint density at radius 3 is 2.60 bits per heavy atom. The third-order valence-corrected chi connectivity index (χ3v) is 3.16. The number of rotatable bonds is 8. The molecule has 1 N–H and O–H groups in total. The number of carbonyl (C=O) groups is 1. The molecule has 20 heavy (non-hydrogen) atoms. The third kappa shape index (κ3) is 4.85. The van der Waals surface area contributed by atoms with Crippen molar-refractivity contribution in [1.82, 2.24) is 0 Å². The topological polar surface area (TPSA) is 55.8 Å². The number of carboxylic acids is 1. The summed E-state index contributed by atoms with van der Waals surface area (Å²) in [5.41, 5.74) is 2.27. The van der Waals surface area contributed by atoms with E-state index in [-0.39, 0.29) is 0 Å². The number of carboxylic acid groups (broad SMARTS) is 1.